The molecule has 0 fully saturated rings. The average Bonchev–Trinajstić information content (AvgIpc) is 3.35. The first kappa shape index (κ1) is 24.8. The molecule has 4 heterocycles. The van der Waals surface area contributed by atoms with Crippen LogP contribution in [0.5, 0.6) is 0 Å². The molecule has 0 radical (unpaired) electrons. The summed E-state index contributed by atoms with van der Waals surface area (Å²) in [6.45, 7) is 4.26. The molecule has 36 heavy (non-hydrogen) atoms. The van der Waals surface area contributed by atoms with Crippen molar-refractivity contribution in [2.75, 3.05) is 30.0 Å². The fraction of sp³-hybridized carbons (Fsp3) is 0.292. The van der Waals surface area contributed by atoms with E-state index in [2.05, 4.69) is 41.2 Å². The molecule has 0 saturated heterocycles. The standard InChI is InChI=1S/C24H27N9O3/c1-12(25)20-22(27-4)21(30-11-29-20)14-6-18(32-23(34)13(2)26-3)31-19(7-14)33-24(35)17-5-15-9-36-10-16(15)8-28-17/h5-8,11,13,25-27H,9-10H2,1-4H3,(H2,31,32,33,34,35). The fourth-order valence-corrected chi connectivity index (χ4v) is 3.65. The molecule has 12 heteroatoms. The molecule has 3 aromatic heterocycles. The van der Waals surface area contributed by atoms with Crippen molar-refractivity contribution in [1.29, 1.82) is 5.41 Å². The summed E-state index contributed by atoms with van der Waals surface area (Å²) in [6, 6.07) is 4.51. The van der Waals surface area contributed by atoms with Gasteiger partial charge in [0.05, 0.1) is 36.3 Å². The van der Waals surface area contributed by atoms with Gasteiger partial charge in [-0.1, -0.05) is 0 Å². The first-order chi connectivity index (χ1) is 17.3. The van der Waals surface area contributed by atoms with Crippen molar-refractivity contribution in [2.45, 2.75) is 33.1 Å². The van der Waals surface area contributed by atoms with Gasteiger partial charge < -0.3 is 31.4 Å². The van der Waals surface area contributed by atoms with E-state index >= 15 is 0 Å². The quantitative estimate of drug-likeness (QED) is 0.298. The van der Waals surface area contributed by atoms with Gasteiger partial charge in [0.25, 0.3) is 5.91 Å². The van der Waals surface area contributed by atoms with E-state index in [1.165, 1.54) is 6.33 Å². The highest BCUT2D eigenvalue weighted by molar-refractivity contribution is 6.04. The Balaban J connectivity index is 1.74. The third-order valence-electron chi connectivity index (χ3n) is 5.70. The van der Waals surface area contributed by atoms with Crippen LogP contribution in [0.1, 0.15) is 41.2 Å². The maximum absolute atomic E-state index is 13.0. The highest BCUT2D eigenvalue weighted by Crippen LogP contribution is 2.31. The number of pyridine rings is 2. The van der Waals surface area contributed by atoms with Gasteiger partial charge in [0.2, 0.25) is 5.91 Å². The number of fused-ring (bicyclic) bond motifs is 1. The van der Waals surface area contributed by atoms with E-state index in [0.29, 0.717) is 35.9 Å². The van der Waals surface area contributed by atoms with E-state index in [4.69, 9.17) is 10.1 Å². The van der Waals surface area contributed by atoms with Crippen LogP contribution in [-0.4, -0.2) is 57.6 Å². The van der Waals surface area contributed by atoms with Crippen LogP contribution in [0.3, 0.4) is 0 Å². The molecule has 1 aliphatic heterocycles. The molecule has 1 aliphatic rings. The van der Waals surface area contributed by atoms with Gasteiger partial charge in [-0.25, -0.2) is 15.0 Å². The van der Waals surface area contributed by atoms with E-state index in [0.717, 1.165) is 11.1 Å². The van der Waals surface area contributed by atoms with E-state index < -0.39 is 11.9 Å². The molecule has 4 rings (SSSR count). The topological polar surface area (TPSA) is 167 Å². The van der Waals surface area contributed by atoms with Crippen molar-refractivity contribution in [1.82, 2.24) is 25.3 Å². The molecule has 0 saturated carbocycles. The van der Waals surface area contributed by atoms with Crippen LogP contribution >= 0.6 is 0 Å². The molecule has 2 amide bonds. The Labute approximate surface area is 207 Å². The van der Waals surface area contributed by atoms with Gasteiger partial charge in [0, 0.05) is 24.4 Å². The zero-order valence-electron chi connectivity index (χ0n) is 20.4. The van der Waals surface area contributed by atoms with Crippen molar-refractivity contribution in [3.8, 4) is 11.3 Å². The summed E-state index contributed by atoms with van der Waals surface area (Å²) in [5.74, 6) is -0.341. The molecular formula is C24H27N9O3. The van der Waals surface area contributed by atoms with Crippen molar-refractivity contribution >= 4 is 34.8 Å². The van der Waals surface area contributed by atoms with Crippen LogP contribution in [0.15, 0.2) is 30.7 Å². The minimum atomic E-state index is -0.467. The monoisotopic (exact) mass is 489 g/mol. The number of likely N-dealkylation sites (N-methyl/N-ethyl adjacent to an activating group) is 1. The maximum Gasteiger partial charge on any atom is 0.275 e. The molecule has 186 valence electrons. The van der Waals surface area contributed by atoms with Gasteiger partial charge in [-0.15, -0.1) is 0 Å². The summed E-state index contributed by atoms with van der Waals surface area (Å²) in [5.41, 5.74) is 4.36. The van der Waals surface area contributed by atoms with Crippen LogP contribution in [0, 0.1) is 5.41 Å². The van der Waals surface area contributed by atoms with E-state index in [1.54, 1.807) is 52.3 Å². The third-order valence-corrected chi connectivity index (χ3v) is 5.70. The highest BCUT2D eigenvalue weighted by atomic mass is 16.5. The summed E-state index contributed by atoms with van der Waals surface area (Å²) < 4.78 is 5.40. The maximum atomic E-state index is 13.0. The molecule has 1 atom stereocenters. The normalized spacial score (nSPS) is 13.0. The zero-order valence-corrected chi connectivity index (χ0v) is 20.4. The number of carbonyl (C=O) groups is 2. The lowest BCUT2D eigenvalue weighted by Crippen LogP contribution is -2.35. The molecule has 1 unspecified atom stereocenters. The van der Waals surface area contributed by atoms with Gasteiger partial charge in [-0.3, -0.25) is 14.6 Å². The molecule has 12 nitrogen and oxygen atoms in total. The Morgan fingerprint density at radius 2 is 1.75 bits per heavy atom. The highest BCUT2D eigenvalue weighted by Gasteiger charge is 2.20. The number of nitrogens with zero attached hydrogens (tertiary/aromatic N) is 4. The van der Waals surface area contributed by atoms with E-state index in [9.17, 15) is 9.59 Å². The number of hydrogen-bond acceptors (Lipinski definition) is 10. The van der Waals surface area contributed by atoms with Crippen LogP contribution in [0.25, 0.3) is 11.3 Å². The van der Waals surface area contributed by atoms with Crippen molar-refractivity contribution in [2.24, 2.45) is 0 Å². The second-order valence-electron chi connectivity index (χ2n) is 8.23. The molecule has 0 spiro atoms. The summed E-state index contributed by atoms with van der Waals surface area (Å²) >= 11 is 0. The van der Waals surface area contributed by atoms with Crippen molar-refractivity contribution in [3.05, 3.63) is 53.2 Å². The van der Waals surface area contributed by atoms with Gasteiger partial charge >= 0.3 is 0 Å². The minimum absolute atomic E-state index is 0.192. The minimum Gasteiger partial charge on any atom is -0.385 e. The Bertz CT molecular complexity index is 1340. The molecule has 5 N–H and O–H groups in total. The fourth-order valence-electron chi connectivity index (χ4n) is 3.65. The number of nitrogens with one attached hydrogen (secondary N) is 5. The largest absolute Gasteiger partial charge is 0.385 e. The molecule has 0 bridgehead atoms. The lowest BCUT2D eigenvalue weighted by Gasteiger charge is -2.16. The van der Waals surface area contributed by atoms with E-state index in [-0.39, 0.29) is 28.9 Å². The van der Waals surface area contributed by atoms with Crippen molar-refractivity contribution in [3.63, 3.8) is 0 Å². The molecular weight excluding hydrogens is 462 g/mol. The summed E-state index contributed by atoms with van der Waals surface area (Å²) in [7, 11) is 3.38. The van der Waals surface area contributed by atoms with Gasteiger partial charge in [0.1, 0.15) is 29.4 Å². The second-order valence-corrected chi connectivity index (χ2v) is 8.23. The Hall–Kier alpha value is -4.29. The number of ether oxygens (including phenoxy) is 1. The van der Waals surface area contributed by atoms with Gasteiger partial charge in [-0.05, 0) is 44.7 Å². The van der Waals surface area contributed by atoms with E-state index in [1.807, 2.05) is 0 Å². The number of aromatic nitrogens is 4. The first-order valence-electron chi connectivity index (χ1n) is 11.3. The average molecular weight is 490 g/mol. The Kier molecular flexibility index (Phi) is 7.27. The van der Waals surface area contributed by atoms with Crippen LogP contribution < -0.4 is 21.3 Å². The number of amides is 2. The Morgan fingerprint density at radius 3 is 2.44 bits per heavy atom. The lowest BCUT2D eigenvalue weighted by atomic mass is 10.1. The predicted molar refractivity (Wildman–Crippen MR) is 135 cm³/mol. The lowest BCUT2D eigenvalue weighted by molar-refractivity contribution is -0.117. The number of carbonyl (C=O) groups excluding carboxylic acids is 2. The second kappa shape index (κ2) is 10.5. The summed E-state index contributed by atoms with van der Waals surface area (Å²) in [6.07, 6.45) is 2.99. The van der Waals surface area contributed by atoms with Gasteiger partial charge in [-0.2, -0.15) is 0 Å². The van der Waals surface area contributed by atoms with Crippen molar-refractivity contribution < 1.29 is 14.3 Å². The number of rotatable bonds is 8. The van der Waals surface area contributed by atoms with Crippen LogP contribution in [0.4, 0.5) is 17.3 Å². The molecule has 0 aromatic carbocycles. The Morgan fingerprint density at radius 1 is 1.03 bits per heavy atom. The molecule has 0 aliphatic carbocycles. The number of anilines is 3. The molecule has 3 aromatic rings. The predicted octanol–water partition coefficient (Wildman–Crippen LogP) is 2.19. The SMILES string of the molecule is CNc1c(C(C)=N)ncnc1-c1cc(NC(=O)c2cc3c(cn2)COC3)nc(NC(=O)C(C)NC)c1. The third kappa shape index (κ3) is 5.19. The van der Waals surface area contributed by atoms with Gasteiger partial charge in [0.15, 0.2) is 0 Å². The number of hydrogen-bond donors (Lipinski definition) is 5. The zero-order chi connectivity index (χ0) is 25.8. The summed E-state index contributed by atoms with van der Waals surface area (Å²) in [4.78, 5) is 42.8. The smallest absolute Gasteiger partial charge is 0.275 e. The van der Waals surface area contributed by atoms with Crippen LogP contribution in [-0.2, 0) is 22.7 Å². The van der Waals surface area contributed by atoms with Crippen LogP contribution in [0.2, 0.25) is 0 Å². The first-order valence-corrected chi connectivity index (χ1v) is 11.3. The summed E-state index contributed by atoms with van der Waals surface area (Å²) in [5, 5.41) is 19.5.